The van der Waals surface area contributed by atoms with Crippen molar-refractivity contribution in [3.63, 3.8) is 0 Å². The molecule has 0 saturated carbocycles. The lowest BCUT2D eigenvalue weighted by Crippen LogP contribution is -2.38. The van der Waals surface area contributed by atoms with Crippen LogP contribution in [0.25, 0.3) is 0 Å². The van der Waals surface area contributed by atoms with Gasteiger partial charge < -0.3 is 16.4 Å². The first-order valence-corrected chi connectivity index (χ1v) is 9.62. The number of carbonyl (C=O) groups is 1. The van der Waals surface area contributed by atoms with Crippen molar-refractivity contribution in [2.75, 3.05) is 24.1 Å². The summed E-state index contributed by atoms with van der Waals surface area (Å²) in [6.45, 7) is 7.72. The molecule has 0 fully saturated rings. The first-order valence-electron chi connectivity index (χ1n) is 7.81. The van der Waals surface area contributed by atoms with E-state index in [1.165, 1.54) is 0 Å². The minimum atomic E-state index is -3.77. The predicted molar refractivity (Wildman–Crippen MR) is 101 cm³/mol. The summed E-state index contributed by atoms with van der Waals surface area (Å²) in [7, 11) is -3.77. The van der Waals surface area contributed by atoms with E-state index in [2.05, 4.69) is 25.7 Å². The molecule has 0 saturated heterocycles. The van der Waals surface area contributed by atoms with E-state index in [1.54, 1.807) is 13.8 Å². The minimum absolute atomic E-state index is 0.0165. The molecular weight excluding hydrogens is 384 g/mol. The number of nitrogens with one attached hydrogen (secondary N) is 3. The van der Waals surface area contributed by atoms with Crippen molar-refractivity contribution < 1.29 is 13.2 Å². The molecule has 5 N–H and O–H groups in total. The van der Waals surface area contributed by atoms with Gasteiger partial charge in [-0.25, -0.2) is 9.97 Å². The summed E-state index contributed by atoms with van der Waals surface area (Å²) in [5.41, 5.74) is 5.51. The fourth-order valence-electron chi connectivity index (χ4n) is 1.83. The molecule has 0 aliphatic carbocycles. The van der Waals surface area contributed by atoms with Crippen LogP contribution in [0.2, 0.25) is 5.15 Å². The SMILES string of the molecule is CCN(CC)S(=O)(=O)N/N=C/NC(=O)c1nc(Cl)c(NC(C)C)nc1N. The van der Waals surface area contributed by atoms with E-state index in [0.29, 0.717) is 0 Å². The second kappa shape index (κ2) is 9.50. The Morgan fingerprint density at radius 1 is 1.35 bits per heavy atom. The lowest BCUT2D eigenvalue weighted by atomic mass is 10.3. The Bertz CT molecular complexity index is 765. The number of nitrogens with zero attached hydrogens (tertiary/aromatic N) is 4. The molecular formula is C13H23ClN8O3S. The van der Waals surface area contributed by atoms with Crippen molar-refractivity contribution in [1.82, 2.24) is 24.4 Å². The number of hydrogen-bond acceptors (Lipinski definition) is 8. The van der Waals surface area contributed by atoms with Gasteiger partial charge in [-0.3, -0.25) is 4.79 Å². The zero-order valence-corrected chi connectivity index (χ0v) is 16.5. The summed E-state index contributed by atoms with van der Waals surface area (Å²) in [6.07, 6.45) is 0.874. The molecule has 0 aliphatic heterocycles. The van der Waals surface area contributed by atoms with Crippen LogP contribution in [0.4, 0.5) is 11.6 Å². The molecule has 0 aromatic carbocycles. The Labute approximate surface area is 157 Å². The van der Waals surface area contributed by atoms with Gasteiger partial charge in [0.25, 0.3) is 5.91 Å². The number of carbonyl (C=O) groups excluding carboxylic acids is 1. The van der Waals surface area contributed by atoms with Crippen molar-refractivity contribution in [2.24, 2.45) is 5.10 Å². The number of anilines is 2. The van der Waals surface area contributed by atoms with E-state index in [4.69, 9.17) is 17.3 Å². The molecule has 11 nitrogen and oxygen atoms in total. The van der Waals surface area contributed by atoms with Gasteiger partial charge in [0.15, 0.2) is 22.5 Å². The fourth-order valence-corrected chi connectivity index (χ4v) is 3.00. The monoisotopic (exact) mass is 406 g/mol. The van der Waals surface area contributed by atoms with E-state index in [0.717, 1.165) is 10.6 Å². The average molecular weight is 407 g/mol. The minimum Gasteiger partial charge on any atom is -0.382 e. The van der Waals surface area contributed by atoms with Crippen LogP contribution in [0.15, 0.2) is 5.10 Å². The van der Waals surface area contributed by atoms with Gasteiger partial charge in [-0.15, -0.1) is 0 Å². The molecule has 1 aromatic heterocycles. The third-order valence-electron chi connectivity index (χ3n) is 2.99. The van der Waals surface area contributed by atoms with Crippen molar-refractivity contribution >= 4 is 45.7 Å². The van der Waals surface area contributed by atoms with Gasteiger partial charge in [-0.05, 0) is 13.8 Å². The first-order chi connectivity index (χ1) is 12.1. The maximum absolute atomic E-state index is 12.1. The summed E-state index contributed by atoms with van der Waals surface area (Å²) < 4.78 is 24.9. The molecule has 0 unspecified atom stereocenters. The number of nitrogen functional groups attached to an aromatic ring is 1. The molecule has 26 heavy (non-hydrogen) atoms. The molecule has 0 atom stereocenters. The van der Waals surface area contributed by atoms with Gasteiger partial charge >= 0.3 is 10.2 Å². The van der Waals surface area contributed by atoms with Gasteiger partial charge in [-0.2, -0.15) is 22.7 Å². The van der Waals surface area contributed by atoms with Crippen molar-refractivity contribution in [3.8, 4) is 0 Å². The highest BCUT2D eigenvalue weighted by molar-refractivity contribution is 7.87. The maximum atomic E-state index is 12.1. The van der Waals surface area contributed by atoms with Gasteiger partial charge in [0.1, 0.15) is 6.34 Å². The summed E-state index contributed by atoms with van der Waals surface area (Å²) in [4.78, 5) is 21.9. The molecule has 1 heterocycles. The predicted octanol–water partition coefficient (Wildman–Crippen LogP) is 0.382. The number of nitrogens with two attached hydrogens (primary N) is 1. The first kappa shape index (κ1) is 21.9. The summed E-state index contributed by atoms with van der Waals surface area (Å²) in [6, 6.07) is 0.0480. The number of hydrazone groups is 1. The van der Waals surface area contributed by atoms with E-state index < -0.39 is 16.1 Å². The van der Waals surface area contributed by atoms with E-state index in [9.17, 15) is 13.2 Å². The fraction of sp³-hybridized carbons (Fsp3) is 0.538. The summed E-state index contributed by atoms with van der Waals surface area (Å²) in [5.74, 6) is -0.609. The largest absolute Gasteiger partial charge is 0.382 e. The molecule has 146 valence electrons. The quantitative estimate of drug-likeness (QED) is 0.262. The number of amides is 1. The van der Waals surface area contributed by atoms with Crippen molar-refractivity contribution in [1.29, 1.82) is 0 Å². The van der Waals surface area contributed by atoms with Crippen LogP contribution in [0.3, 0.4) is 0 Å². The smallest absolute Gasteiger partial charge is 0.316 e. The Kier molecular flexibility index (Phi) is 7.99. The highest BCUT2D eigenvalue weighted by atomic mass is 35.5. The standard InChI is InChI=1S/C13H23ClN8O3S/c1-5-22(6-2)26(24,25)21-17-7-16-13(23)9-11(15)20-12(10(14)19-9)18-8(3)4/h7-8,21H,5-6H2,1-4H3,(H3,15,18,20)(H,16,17,23). The Morgan fingerprint density at radius 2 is 1.96 bits per heavy atom. The maximum Gasteiger partial charge on any atom is 0.316 e. The Balaban J connectivity index is 2.78. The van der Waals surface area contributed by atoms with Gasteiger partial charge in [0, 0.05) is 19.1 Å². The van der Waals surface area contributed by atoms with Crippen LogP contribution in [-0.4, -0.2) is 54.1 Å². The van der Waals surface area contributed by atoms with Crippen molar-refractivity contribution in [2.45, 2.75) is 33.7 Å². The highest BCUT2D eigenvalue weighted by Crippen LogP contribution is 2.21. The number of aromatic nitrogens is 2. The van der Waals surface area contributed by atoms with Crippen LogP contribution in [-0.2, 0) is 10.2 Å². The molecule has 1 aromatic rings. The second-order valence-electron chi connectivity index (χ2n) is 5.31. The number of hydrogen-bond donors (Lipinski definition) is 4. The van der Waals surface area contributed by atoms with E-state index in [1.807, 2.05) is 18.7 Å². The lowest BCUT2D eigenvalue weighted by Gasteiger charge is -2.16. The van der Waals surface area contributed by atoms with Crippen LogP contribution in [0.5, 0.6) is 0 Å². The summed E-state index contributed by atoms with van der Waals surface area (Å²) in [5, 5.41) is 8.63. The van der Waals surface area contributed by atoms with Gasteiger partial charge in [0.05, 0.1) is 0 Å². The average Bonchev–Trinajstić information content (AvgIpc) is 2.54. The Morgan fingerprint density at radius 3 is 2.50 bits per heavy atom. The van der Waals surface area contributed by atoms with Crippen LogP contribution < -0.4 is 21.2 Å². The highest BCUT2D eigenvalue weighted by Gasteiger charge is 2.18. The normalized spacial score (nSPS) is 12.0. The molecule has 0 radical (unpaired) electrons. The van der Waals surface area contributed by atoms with Crippen LogP contribution in [0.1, 0.15) is 38.2 Å². The summed E-state index contributed by atoms with van der Waals surface area (Å²) >= 11 is 5.97. The number of rotatable bonds is 9. The Hall–Kier alpha value is -2.18. The molecule has 1 amide bonds. The van der Waals surface area contributed by atoms with Crippen LogP contribution in [0, 0.1) is 0 Å². The topological polar surface area (TPSA) is 155 Å². The zero-order chi connectivity index (χ0) is 19.9. The van der Waals surface area contributed by atoms with Gasteiger partial charge in [0.2, 0.25) is 0 Å². The molecule has 1 rings (SSSR count). The molecule has 0 bridgehead atoms. The zero-order valence-electron chi connectivity index (χ0n) is 14.9. The number of halogens is 1. The van der Waals surface area contributed by atoms with E-state index in [-0.39, 0.29) is 41.6 Å². The molecule has 0 aliphatic rings. The second-order valence-corrected chi connectivity index (χ2v) is 7.32. The molecule has 13 heteroatoms. The lowest BCUT2D eigenvalue weighted by molar-refractivity contribution is 0.0974. The van der Waals surface area contributed by atoms with Crippen LogP contribution >= 0.6 is 11.6 Å². The van der Waals surface area contributed by atoms with Gasteiger partial charge in [-0.1, -0.05) is 25.4 Å². The molecule has 0 spiro atoms. The third-order valence-corrected chi connectivity index (χ3v) is 4.79. The van der Waals surface area contributed by atoms with E-state index >= 15 is 0 Å². The van der Waals surface area contributed by atoms with Crippen molar-refractivity contribution in [3.05, 3.63) is 10.8 Å². The third kappa shape index (κ3) is 5.97.